The molecule has 0 aliphatic carbocycles. The highest BCUT2D eigenvalue weighted by Gasteiger charge is 2.51. The lowest BCUT2D eigenvalue weighted by atomic mass is 9.86. The number of rotatable bonds is 8. The van der Waals surface area contributed by atoms with E-state index < -0.39 is 34.4 Å². The van der Waals surface area contributed by atoms with Crippen LogP contribution in [0.5, 0.6) is 0 Å². The highest BCUT2D eigenvalue weighted by molar-refractivity contribution is 6.44. The number of H-pyrrole nitrogens is 1. The molecule has 4 rings (SSSR count). The fourth-order valence-corrected chi connectivity index (χ4v) is 4.09. The molecule has 9 nitrogen and oxygen atoms in total. The highest BCUT2D eigenvalue weighted by atomic mass is 16.6. The Morgan fingerprint density at radius 3 is 2.59 bits per heavy atom. The van der Waals surface area contributed by atoms with E-state index in [1.807, 2.05) is 10.8 Å². The molecule has 1 aliphatic rings. The van der Waals surface area contributed by atoms with Crippen molar-refractivity contribution >= 4 is 23.2 Å². The summed E-state index contributed by atoms with van der Waals surface area (Å²) in [5, 5.41) is 11.3. The number of aromatic amines is 1. The predicted octanol–water partition coefficient (Wildman–Crippen LogP) is 2.25. The van der Waals surface area contributed by atoms with Crippen LogP contribution in [0.3, 0.4) is 0 Å². The van der Waals surface area contributed by atoms with Crippen LogP contribution in [0.4, 0.5) is 5.69 Å². The molecule has 1 fully saturated rings. The number of carbonyl (C=O) groups excluding carboxylic acids is 3. The number of carbonyl (C=O) groups is 3. The molecule has 2 atom stereocenters. The van der Waals surface area contributed by atoms with Crippen molar-refractivity contribution in [3.8, 4) is 0 Å². The Labute approximate surface area is 183 Å². The number of benzene rings is 2. The van der Waals surface area contributed by atoms with Gasteiger partial charge in [0.25, 0.3) is 11.6 Å². The summed E-state index contributed by atoms with van der Waals surface area (Å²) in [5.74, 6) is -3.26. The van der Waals surface area contributed by atoms with E-state index in [0.717, 1.165) is 0 Å². The summed E-state index contributed by atoms with van der Waals surface area (Å²) in [4.78, 5) is 54.2. The molecule has 162 valence electrons. The van der Waals surface area contributed by atoms with Crippen molar-refractivity contribution in [3.05, 3.63) is 94.6 Å². The number of hydrogen-bond acceptors (Lipinski definition) is 5. The SMILES string of the molecule is O=C1C(=O)N(CCC[n+]2cc[nH]c2)C(c2cccc([N+](=O)[O-])c2)C1C(=O)c1ccccc1. The molecule has 3 aromatic rings. The molecule has 1 amide bonds. The summed E-state index contributed by atoms with van der Waals surface area (Å²) in [6.07, 6.45) is 5.93. The second kappa shape index (κ2) is 8.93. The maximum absolute atomic E-state index is 13.3. The number of likely N-dealkylation sites (tertiary alicyclic amines) is 1. The molecule has 2 heterocycles. The zero-order chi connectivity index (χ0) is 22.7. The summed E-state index contributed by atoms with van der Waals surface area (Å²) in [6, 6.07) is 13.2. The van der Waals surface area contributed by atoms with Gasteiger partial charge in [0, 0.05) is 30.7 Å². The number of nitrogens with zero attached hydrogens (tertiary/aromatic N) is 3. The van der Waals surface area contributed by atoms with Gasteiger partial charge >= 0.3 is 0 Å². The van der Waals surface area contributed by atoms with Crippen LogP contribution < -0.4 is 4.57 Å². The molecular formula is C23H21N4O5+. The van der Waals surface area contributed by atoms with Gasteiger partial charge in [0.15, 0.2) is 5.78 Å². The lowest BCUT2D eigenvalue weighted by molar-refractivity contribution is -0.695. The predicted molar refractivity (Wildman–Crippen MR) is 112 cm³/mol. The minimum Gasteiger partial charge on any atom is -0.328 e. The first-order valence-electron chi connectivity index (χ1n) is 10.2. The Balaban J connectivity index is 1.70. The van der Waals surface area contributed by atoms with Crippen LogP contribution in [0.1, 0.15) is 28.4 Å². The van der Waals surface area contributed by atoms with Gasteiger partial charge in [-0.15, -0.1) is 0 Å². The lowest BCUT2D eigenvalue weighted by Crippen LogP contribution is -2.36. The summed E-state index contributed by atoms with van der Waals surface area (Å²) in [7, 11) is 0. The maximum Gasteiger partial charge on any atom is 0.291 e. The molecule has 1 aliphatic heterocycles. The number of imidazole rings is 1. The van der Waals surface area contributed by atoms with Crippen LogP contribution in [0.25, 0.3) is 0 Å². The average molecular weight is 433 g/mol. The highest BCUT2D eigenvalue weighted by Crippen LogP contribution is 2.39. The second-order valence-corrected chi connectivity index (χ2v) is 7.57. The molecule has 0 spiro atoms. The number of amides is 1. The zero-order valence-corrected chi connectivity index (χ0v) is 17.1. The quantitative estimate of drug-likeness (QED) is 0.146. The van der Waals surface area contributed by atoms with Crippen molar-refractivity contribution in [2.75, 3.05) is 6.54 Å². The Morgan fingerprint density at radius 1 is 1.12 bits per heavy atom. The topological polar surface area (TPSA) is 117 Å². The largest absolute Gasteiger partial charge is 0.328 e. The Morgan fingerprint density at radius 2 is 1.91 bits per heavy atom. The lowest BCUT2D eigenvalue weighted by Gasteiger charge is -2.27. The third-order valence-corrected chi connectivity index (χ3v) is 5.59. The van der Waals surface area contributed by atoms with Crippen LogP contribution in [-0.4, -0.2) is 38.8 Å². The molecule has 1 N–H and O–H groups in total. The van der Waals surface area contributed by atoms with E-state index in [9.17, 15) is 24.5 Å². The number of nitrogens with one attached hydrogen (secondary N) is 1. The number of ketones is 2. The van der Waals surface area contributed by atoms with E-state index >= 15 is 0 Å². The minimum atomic E-state index is -1.26. The van der Waals surface area contributed by atoms with Crippen molar-refractivity contribution < 1.29 is 23.9 Å². The van der Waals surface area contributed by atoms with E-state index in [0.29, 0.717) is 24.1 Å². The second-order valence-electron chi connectivity index (χ2n) is 7.57. The van der Waals surface area contributed by atoms with Gasteiger partial charge in [0.2, 0.25) is 12.1 Å². The fourth-order valence-electron chi connectivity index (χ4n) is 4.09. The van der Waals surface area contributed by atoms with Crippen LogP contribution in [0, 0.1) is 16.0 Å². The molecule has 0 saturated carbocycles. The monoisotopic (exact) mass is 433 g/mol. The first-order valence-corrected chi connectivity index (χ1v) is 10.2. The summed E-state index contributed by atoms with van der Waals surface area (Å²) in [5.41, 5.74) is 0.545. The number of nitro groups is 1. The van der Waals surface area contributed by atoms with Crippen LogP contribution in [0.2, 0.25) is 0 Å². The van der Waals surface area contributed by atoms with Crippen molar-refractivity contribution in [2.24, 2.45) is 5.92 Å². The third kappa shape index (κ3) is 4.04. The van der Waals surface area contributed by atoms with Crippen LogP contribution in [0.15, 0.2) is 73.3 Å². The van der Waals surface area contributed by atoms with Gasteiger partial charge in [-0.05, 0) is 5.56 Å². The van der Waals surface area contributed by atoms with Crippen LogP contribution >= 0.6 is 0 Å². The number of aryl methyl sites for hydroxylation is 1. The molecule has 0 radical (unpaired) electrons. The van der Waals surface area contributed by atoms with E-state index in [1.54, 1.807) is 48.9 Å². The van der Waals surface area contributed by atoms with Gasteiger partial charge in [0.1, 0.15) is 18.3 Å². The molecule has 32 heavy (non-hydrogen) atoms. The molecule has 0 bridgehead atoms. The van der Waals surface area contributed by atoms with E-state index in [2.05, 4.69) is 4.98 Å². The van der Waals surface area contributed by atoms with Gasteiger partial charge in [-0.25, -0.2) is 4.57 Å². The smallest absolute Gasteiger partial charge is 0.291 e. The van der Waals surface area contributed by atoms with Crippen molar-refractivity contribution in [1.82, 2.24) is 9.88 Å². The van der Waals surface area contributed by atoms with Gasteiger partial charge in [0.05, 0.1) is 17.5 Å². The number of nitro benzene ring substituents is 1. The number of Topliss-reactive ketones (excluding diaryl/α,β-unsaturated/α-hetero) is 2. The molecule has 2 unspecified atom stereocenters. The van der Waals surface area contributed by atoms with Gasteiger partial charge < -0.3 is 4.90 Å². The number of non-ortho nitro benzene ring substituents is 1. The molecule has 2 aromatic carbocycles. The van der Waals surface area contributed by atoms with E-state index in [1.165, 1.54) is 23.1 Å². The fraction of sp³-hybridized carbons (Fsp3) is 0.217. The molecular weight excluding hydrogens is 412 g/mol. The zero-order valence-electron chi connectivity index (χ0n) is 17.1. The summed E-state index contributed by atoms with van der Waals surface area (Å²) >= 11 is 0. The van der Waals surface area contributed by atoms with Crippen LogP contribution in [-0.2, 0) is 16.1 Å². The Hall–Kier alpha value is -4.14. The van der Waals surface area contributed by atoms with Crippen molar-refractivity contribution in [3.63, 3.8) is 0 Å². The summed E-state index contributed by atoms with van der Waals surface area (Å²) < 4.78 is 1.90. The standard InChI is InChI=1S/C23H20N4O5/c28-21(16-6-2-1-3-7-16)19-20(17-8-4-9-18(14-17)27(31)32)26(23(30)22(19)29)12-5-11-25-13-10-24-15-25/h1-4,6-10,13-15,19-20H,5,11-12H2/p+1. The van der Waals surface area contributed by atoms with E-state index in [4.69, 9.17) is 0 Å². The van der Waals surface area contributed by atoms with Crippen molar-refractivity contribution in [2.45, 2.75) is 19.0 Å². The molecule has 1 aromatic heterocycles. The van der Waals surface area contributed by atoms with Gasteiger partial charge in [-0.2, -0.15) is 0 Å². The van der Waals surface area contributed by atoms with Crippen molar-refractivity contribution in [1.29, 1.82) is 0 Å². The van der Waals surface area contributed by atoms with E-state index in [-0.39, 0.29) is 12.2 Å². The first kappa shape index (κ1) is 21.1. The average Bonchev–Trinajstić information content (AvgIpc) is 3.41. The number of hydrogen-bond donors (Lipinski definition) is 1. The molecule has 9 heteroatoms. The minimum absolute atomic E-state index is 0.164. The normalized spacial score (nSPS) is 18.2. The summed E-state index contributed by atoms with van der Waals surface area (Å²) in [6.45, 7) is 0.828. The third-order valence-electron chi connectivity index (χ3n) is 5.59. The van der Waals surface area contributed by atoms with Gasteiger partial charge in [-0.3, -0.25) is 29.5 Å². The van der Waals surface area contributed by atoms with Gasteiger partial charge in [-0.1, -0.05) is 42.5 Å². The maximum atomic E-state index is 13.3. The molecule has 1 saturated heterocycles. The first-order chi connectivity index (χ1) is 15.5. The number of aromatic nitrogens is 2. The Kier molecular flexibility index (Phi) is 5.89. The Bertz CT molecular complexity index is 1160.